The van der Waals surface area contributed by atoms with Gasteiger partial charge in [0.15, 0.2) is 0 Å². The predicted octanol–water partition coefficient (Wildman–Crippen LogP) is 1.12. The largest absolute Gasteiger partial charge is 0.507 e. The molecule has 0 aliphatic carbocycles. The van der Waals surface area contributed by atoms with Gasteiger partial charge in [-0.15, -0.1) is 16.6 Å². The van der Waals surface area contributed by atoms with Crippen molar-refractivity contribution in [1.82, 2.24) is 15.2 Å². The van der Waals surface area contributed by atoms with Crippen molar-refractivity contribution in [3.63, 3.8) is 0 Å². The SMILES string of the molecule is C#Cc1ccc(-c2nnc(N)nc2C)c(O)c1. The van der Waals surface area contributed by atoms with Crippen molar-refractivity contribution in [1.29, 1.82) is 0 Å². The average molecular weight is 226 g/mol. The van der Waals surface area contributed by atoms with Gasteiger partial charge in [0.25, 0.3) is 0 Å². The zero-order valence-electron chi connectivity index (χ0n) is 9.18. The van der Waals surface area contributed by atoms with Crippen LogP contribution in [-0.2, 0) is 0 Å². The molecule has 84 valence electrons. The van der Waals surface area contributed by atoms with Crippen LogP contribution in [0.4, 0.5) is 5.95 Å². The molecule has 0 saturated carbocycles. The minimum Gasteiger partial charge on any atom is -0.507 e. The first kappa shape index (κ1) is 10.9. The van der Waals surface area contributed by atoms with Gasteiger partial charge in [-0.2, -0.15) is 0 Å². The van der Waals surface area contributed by atoms with Crippen LogP contribution in [0.15, 0.2) is 18.2 Å². The molecular weight excluding hydrogens is 216 g/mol. The highest BCUT2D eigenvalue weighted by molar-refractivity contribution is 5.69. The molecule has 5 nitrogen and oxygen atoms in total. The number of phenols is 1. The number of nitrogens with two attached hydrogens (primary N) is 1. The molecule has 0 saturated heterocycles. The zero-order valence-corrected chi connectivity index (χ0v) is 9.18. The molecule has 0 aliphatic heterocycles. The van der Waals surface area contributed by atoms with E-state index in [1.54, 1.807) is 19.1 Å². The molecule has 2 rings (SSSR count). The topological polar surface area (TPSA) is 84.9 Å². The van der Waals surface area contributed by atoms with Crippen LogP contribution in [0.25, 0.3) is 11.3 Å². The summed E-state index contributed by atoms with van der Waals surface area (Å²) in [6.45, 7) is 1.74. The Morgan fingerprint density at radius 3 is 2.71 bits per heavy atom. The normalized spacial score (nSPS) is 9.88. The number of hydrogen-bond donors (Lipinski definition) is 2. The van der Waals surface area contributed by atoms with Gasteiger partial charge in [-0.1, -0.05) is 5.92 Å². The van der Waals surface area contributed by atoms with E-state index in [-0.39, 0.29) is 11.7 Å². The van der Waals surface area contributed by atoms with E-state index in [4.69, 9.17) is 12.2 Å². The van der Waals surface area contributed by atoms with Gasteiger partial charge in [-0.3, -0.25) is 0 Å². The number of hydrogen-bond acceptors (Lipinski definition) is 5. The van der Waals surface area contributed by atoms with E-state index in [1.807, 2.05) is 0 Å². The van der Waals surface area contributed by atoms with E-state index in [1.165, 1.54) is 6.07 Å². The van der Waals surface area contributed by atoms with Crippen molar-refractivity contribution in [2.24, 2.45) is 0 Å². The molecule has 1 aromatic heterocycles. The number of nitrogen functional groups attached to an aromatic ring is 1. The van der Waals surface area contributed by atoms with E-state index < -0.39 is 0 Å². The van der Waals surface area contributed by atoms with Crippen molar-refractivity contribution >= 4 is 5.95 Å². The maximum atomic E-state index is 9.85. The second kappa shape index (κ2) is 4.10. The minimum atomic E-state index is 0.0458. The number of anilines is 1. The number of rotatable bonds is 1. The van der Waals surface area contributed by atoms with Crippen LogP contribution >= 0.6 is 0 Å². The number of aromatic nitrogens is 3. The number of phenolic OH excluding ortho intramolecular Hbond substituents is 1. The van der Waals surface area contributed by atoms with Crippen LogP contribution in [0.1, 0.15) is 11.3 Å². The van der Waals surface area contributed by atoms with Crippen LogP contribution in [-0.4, -0.2) is 20.3 Å². The van der Waals surface area contributed by atoms with E-state index in [9.17, 15) is 5.11 Å². The molecule has 0 amide bonds. The summed E-state index contributed by atoms with van der Waals surface area (Å²) in [7, 11) is 0. The first-order chi connectivity index (χ1) is 8.11. The van der Waals surface area contributed by atoms with Crippen molar-refractivity contribution < 1.29 is 5.11 Å². The number of aromatic hydroxyl groups is 1. The maximum absolute atomic E-state index is 9.85. The van der Waals surface area contributed by atoms with Crippen molar-refractivity contribution in [2.45, 2.75) is 6.92 Å². The fourth-order valence-electron chi connectivity index (χ4n) is 1.49. The minimum absolute atomic E-state index is 0.0458. The number of aryl methyl sites for hydroxylation is 1. The molecule has 0 bridgehead atoms. The van der Waals surface area contributed by atoms with Crippen molar-refractivity contribution in [3.05, 3.63) is 29.5 Å². The van der Waals surface area contributed by atoms with Gasteiger partial charge < -0.3 is 10.8 Å². The molecule has 1 aromatic carbocycles. The monoisotopic (exact) mass is 226 g/mol. The highest BCUT2D eigenvalue weighted by atomic mass is 16.3. The average Bonchev–Trinajstić information content (AvgIpc) is 2.30. The summed E-state index contributed by atoms with van der Waals surface area (Å²) in [6.07, 6.45) is 5.24. The molecule has 2 aromatic rings. The molecule has 0 radical (unpaired) electrons. The molecule has 0 aliphatic rings. The second-order valence-corrected chi connectivity index (χ2v) is 3.48. The van der Waals surface area contributed by atoms with Gasteiger partial charge in [-0.05, 0) is 25.1 Å². The van der Waals surface area contributed by atoms with Crippen molar-refractivity contribution in [2.75, 3.05) is 5.73 Å². The molecule has 0 atom stereocenters. The summed E-state index contributed by atoms with van der Waals surface area (Å²) in [5.41, 5.74) is 7.63. The summed E-state index contributed by atoms with van der Waals surface area (Å²) in [4.78, 5) is 3.99. The van der Waals surface area contributed by atoms with Crippen LogP contribution in [0.5, 0.6) is 5.75 Å². The lowest BCUT2D eigenvalue weighted by Crippen LogP contribution is -2.02. The summed E-state index contributed by atoms with van der Waals surface area (Å²) in [5.74, 6) is 2.59. The lowest BCUT2D eigenvalue weighted by atomic mass is 10.1. The third-order valence-electron chi connectivity index (χ3n) is 2.30. The Labute approximate surface area is 98.3 Å². The molecule has 5 heteroatoms. The molecule has 0 fully saturated rings. The maximum Gasteiger partial charge on any atom is 0.240 e. The summed E-state index contributed by atoms with van der Waals surface area (Å²) >= 11 is 0. The number of nitrogens with zero attached hydrogens (tertiary/aromatic N) is 3. The van der Waals surface area contributed by atoms with Gasteiger partial charge in [-0.25, -0.2) is 4.98 Å². The van der Waals surface area contributed by atoms with Crippen LogP contribution in [0, 0.1) is 19.3 Å². The standard InChI is InChI=1S/C12H10N4O/c1-3-8-4-5-9(10(17)6-8)11-7(2)14-12(13)16-15-11/h1,4-6,17H,2H3,(H2,13,14,16). The molecular formula is C12H10N4O. The lowest BCUT2D eigenvalue weighted by Gasteiger charge is -2.06. The Morgan fingerprint density at radius 2 is 2.12 bits per heavy atom. The van der Waals surface area contributed by atoms with Gasteiger partial charge in [0.2, 0.25) is 5.95 Å². The fourth-order valence-corrected chi connectivity index (χ4v) is 1.49. The Hall–Kier alpha value is -2.61. The Balaban J connectivity index is 2.58. The fraction of sp³-hybridized carbons (Fsp3) is 0.0833. The Bertz CT molecular complexity index is 616. The lowest BCUT2D eigenvalue weighted by molar-refractivity contribution is 0.477. The first-order valence-corrected chi connectivity index (χ1v) is 4.88. The van der Waals surface area contributed by atoms with Gasteiger partial charge in [0.1, 0.15) is 11.4 Å². The summed E-state index contributed by atoms with van der Waals surface area (Å²) < 4.78 is 0. The predicted molar refractivity (Wildman–Crippen MR) is 64.0 cm³/mol. The summed E-state index contributed by atoms with van der Waals surface area (Å²) in [6, 6.07) is 4.89. The number of terminal acetylenes is 1. The highest BCUT2D eigenvalue weighted by Gasteiger charge is 2.11. The summed E-state index contributed by atoms with van der Waals surface area (Å²) in [5, 5.41) is 17.4. The first-order valence-electron chi connectivity index (χ1n) is 4.88. The Kier molecular flexibility index (Phi) is 2.63. The zero-order chi connectivity index (χ0) is 12.4. The molecule has 17 heavy (non-hydrogen) atoms. The van der Waals surface area contributed by atoms with Crippen LogP contribution in [0.2, 0.25) is 0 Å². The molecule has 1 heterocycles. The molecule has 0 unspecified atom stereocenters. The smallest absolute Gasteiger partial charge is 0.240 e. The van der Waals surface area contributed by atoms with E-state index in [0.717, 1.165) is 0 Å². The van der Waals surface area contributed by atoms with Crippen LogP contribution in [0.3, 0.4) is 0 Å². The van der Waals surface area contributed by atoms with E-state index >= 15 is 0 Å². The number of benzene rings is 1. The highest BCUT2D eigenvalue weighted by Crippen LogP contribution is 2.29. The van der Waals surface area contributed by atoms with Gasteiger partial charge in [0.05, 0.1) is 5.69 Å². The third kappa shape index (κ3) is 2.01. The third-order valence-corrected chi connectivity index (χ3v) is 2.30. The Morgan fingerprint density at radius 1 is 1.35 bits per heavy atom. The van der Waals surface area contributed by atoms with E-state index in [0.29, 0.717) is 22.5 Å². The second-order valence-electron chi connectivity index (χ2n) is 3.48. The van der Waals surface area contributed by atoms with Gasteiger partial charge in [0, 0.05) is 11.1 Å². The van der Waals surface area contributed by atoms with Gasteiger partial charge >= 0.3 is 0 Å². The molecule has 3 N–H and O–H groups in total. The van der Waals surface area contributed by atoms with E-state index in [2.05, 4.69) is 21.1 Å². The van der Waals surface area contributed by atoms with Crippen molar-refractivity contribution in [3.8, 4) is 29.4 Å². The quantitative estimate of drug-likeness (QED) is 0.711. The molecule has 0 spiro atoms. The van der Waals surface area contributed by atoms with Crippen LogP contribution < -0.4 is 5.73 Å².